The fraction of sp³-hybridized carbons (Fsp3) is 0.321. The van der Waals surface area contributed by atoms with Gasteiger partial charge in [-0.15, -0.1) is 13.2 Å². The molecule has 1 saturated heterocycles. The summed E-state index contributed by atoms with van der Waals surface area (Å²) in [5.41, 5.74) is 6.98. The fourth-order valence-electron chi connectivity index (χ4n) is 4.37. The van der Waals surface area contributed by atoms with Gasteiger partial charge in [0.05, 0.1) is 15.1 Å². The summed E-state index contributed by atoms with van der Waals surface area (Å²) in [6.07, 6.45) is -1.86. The summed E-state index contributed by atoms with van der Waals surface area (Å²) >= 11 is 1.31. The Balaban J connectivity index is 0.000000297. The van der Waals surface area contributed by atoms with Gasteiger partial charge in [0.25, 0.3) is 5.92 Å². The second kappa shape index (κ2) is 13.6. The third kappa shape index (κ3) is 8.22. The summed E-state index contributed by atoms with van der Waals surface area (Å²) in [5, 5.41) is 10.2. The first kappa shape index (κ1) is 34.0. The van der Waals surface area contributed by atoms with Crippen LogP contribution in [0.1, 0.15) is 24.5 Å². The summed E-state index contributed by atoms with van der Waals surface area (Å²) in [4.78, 5) is 21.7. The Morgan fingerprint density at radius 1 is 1.07 bits per heavy atom. The van der Waals surface area contributed by atoms with Crippen molar-refractivity contribution in [3.63, 3.8) is 0 Å². The standard InChI is InChI=1S/C18H15F3N4O5S2.C10H13F2N/c19-18(20,21)30-11-1-3-12(4-2-11)32(28,29)25-8-7-24(10-14(25)16(26)27)17-23-13-5-6-22-9-15(13)31-17;1-2-10(11,12)9-5-3-8(7-13)4-6-9/h1-6,9,14H,7-8,10H2,(H,26,27);3-6H,2,7,13H2,1H3/t14-;/m1./s1. The molecular weight excluding hydrogens is 645 g/mol. The molecule has 0 aliphatic carbocycles. The van der Waals surface area contributed by atoms with E-state index >= 15 is 0 Å². The van der Waals surface area contributed by atoms with Gasteiger partial charge in [0, 0.05) is 50.6 Å². The number of pyridine rings is 1. The van der Waals surface area contributed by atoms with Crippen molar-refractivity contribution in [2.45, 2.75) is 43.1 Å². The van der Waals surface area contributed by atoms with Crippen LogP contribution >= 0.6 is 11.3 Å². The van der Waals surface area contributed by atoms with E-state index in [0.29, 0.717) is 17.2 Å². The predicted molar refractivity (Wildman–Crippen MR) is 157 cm³/mol. The van der Waals surface area contributed by atoms with E-state index in [1.165, 1.54) is 30.4 Å². The van der Waals surface area contributed by atoms with Gasteiger partial charge in [0.2, 0.25) is 10.0 Å². The van der Waals surface area contributed by atoms with Crippen molar-refractivity contribution >= 4 is 42.7 Å². The number of thiazole rings is 1. The minimum atomic E-state index is -4.91. The predicted octanol–water partition coefficient (Wildman–Crippen LogP) is 5.20. The van der Waals surface area contributed by atoms with Crippen LogP contribution in [0.5, 0.6) is 5.75 Å². The van der Waals surface area contributed by atoms with E-state index in [9.17, 15) is 40.3 Å². The number of benzene rings is 2. The summed E-state index contributed by atoms with van der Waals surface area (Å²) in [6.45, 7) is 1.76. The minimum Gasteiger partial charge on any atom is -0.480 e. The monoisotopic (exact) mass is 673 g/mol. The summed E-state index contributed by atoms with van der Waals surface area (Å²) in [6, 6.07) is 10.1. The molecule has 0 unspecified atom stereocenters. The highest BCUT2D eigenvalue weighted by Gasteiger charge is 2.41. The van der Waals surface area contributed by atoms with Gasteiger partial charge in [-0.1, -0.05) is 42.5 Å². The van der Waals surface area contributed by atoms with Crippen molar-refractivity contribution in [2.24, 2.45) is 5.73 Å². The van der Waals surface area contributed by atoms with Gasteiger partial charge in [-0.3, -0.25) is 9.78 Å². The lowest BCUT2D eigenvalue weighted by atomic mass is 10.0. The second-order valence-electron chi connectivity index (χ2n) is 9.73. The number of aromatic nitrogens is 2. The molecule has 0 amide bonds. The number of sulfonamides is 1. The number of hydrogen-bond donors (Lipinski definition) is 2. The maximum atomic E-state index is 13.1. The van der Waals surface area contributed by atoms with Gasteiger partial charge in [-0.25, -0.2) is 22.2 Å². The molecule has 2 aromatic heterocycles. The summed E-state index contributed by atoms with van der Waals surface area (Å²) < 4.78 is 94.6. The van der Waals surface area contributed by atoms with Crippen molar-refractivity contribution < 1.29 is 45.0 Å². The third-order valence-corrected chi connectivity index (χ3v) is 9.78. The largest absolute Gasteiger partial charge is 0.573 e. The Kier molecular flexibility index (Phi) is 10.3. The second-order valence-corrected chi connectivity index (χ2v) is 12.6. The molecule has 3 heterocycles. The molecule has 1 atom stereocenters. The van der Waals surface area contributed by atoms with Gasteiger partial charge < -0.3 is 20.5 Å². The Labute approximate surface area is 258 Å². The molecular formula is C28H28F5N5O5S2. The van der Waals surface area contributed by atoms with Crippen LogP contribution in [-0.4, -0.2) is 65.8 Å². The smallest absolute Gasteiger partial charge is 0.480 e. The topological polar surface area (TPSA) is 139 Å². The van der Waals surface area contributed by atoms with E-state index in [2.05, 4.69) is 14.7 Å². The first-order valence-corrected chi connectivity index (χ1v) is 15.6. The molecule has 17 heteroatoms. The van der Waals surface area contributed by atoms with Gasteiger partial charge >= 0.3 is 12.3 Å². The molecule has 0 spiro atoms. The van der Waals surface area contributed by atoms with Crippen LogP contribution < -0.4 is 15.4 Å². The number of carboxylic acids is 1. The van der Waals surface area contributed by atoms with Crippen LogP contribution in [0, 0.1) is 0 Å². The molecule has 45 heavy (non-hydrogen) atoms. The van der Waals surface area contributed by atoms with Crippen LogP contribution in [0.2, 0.25) is 0 Å². The maximum Gasteiger partial charge on any atom is 0.573 e. The molecule has 1 aliphatic heterocycles. The molecule has 0 radical (unpaired) electrons. The number of anilines is 1. The van der Waals surface area contributed by atoms with E-state index in [1.807, 2.05) is 0 Å². The van der Waals surface area contributed by atoms with Gasteiger partial charge in [-0.2, -0.15) is 4.31 Å². The highest BCUT2D eigenvalue weighted by molar-refractivity contribution is 7.89. The first-order valence-electron chi connectivity index (χ1n) is 13.4. The molecule has 3 N–H and O–H groups in total. The van der Waals surface area contributed by atoms with Crippen LogP contribution in [0.15, 0.2) is 71.9 Å². The van der Waals surface area contributed by atoms with E-state index in [4.69, 9.17) is 5.73 Å². The molecule has 1 aliphatic rings. The fourth-order valence-corrected chi connectivity index (χ4v) is 6.90. The SMILES string of the molecule is CCC(F)(F)c1ccc(CN)cc1.O=C(O)[C@H]1CN(c2nc3ccncc3s2)CCN1S(=O)(=O)c1ccc(OC(F)(F)F)cc1. The van der Waals surface area contributed by atoms with Gasteiger partial charge in [0.15, 0.2) is 5.13 Å². The van der Waals surface area contributed by atoms with E-state index in [1.54, 1.807) is 35.5 Å². The quantitative estimate of drug-likeness (QED) is 0.242. The number of rotatable bonds is 8. The zero-order valence-corrected chi connectivity index (χ0v) is 25.2. The number of halogens is 5. The lowest BCUT2D eigenvalue weighted by Gasteiger charge is -2.38. The van der Waals surface area contributed by atoms with Crippen molar-refractivity contribution in [3.8, 4) is 5.75 Å². The first-order chi connectivity index (χ1) is 21.1. The van der Waals surface area contributed by atoms with Crippen LogP contribution in [0.25, 0.3) is 10.2 Å². The van der Waals surface area contributed by atoms with Gasteiger partial charge in [0.1, 0.15) is 11.8 Å². The number of nitrogens with zero attached hydrogens (tertiary/aromatic N) is 4. The van der Waals surface area contributed by atoms with Crippen molar-refractivity contribution in [2.75, 3.05) is 24.5 Å². The van der Waals surface area contributed by atoms with Crippen LogP contribution in [0.3, 0.4) is 0 Å². The Hall–Kier alpha value is -3.93. The number of piperazine rings is 1. The minimum absolute atomic E-state index is 0.0622. The van der Waals surface area contributed by atoms with E-state index in [0.717, 1.165) is 38.8 Å². The number of carboxylic acid groups (broad SMARTS) is 1. The zero-order valence-electron chi connectivity index (χ0n) is 23.6. The number of carbonyl (C=O) groups is 1. The number of alkyl halides is 5. The zero-order chi connectivity index (χ0) is 33.0. The molecule has 10 nitrogen and oxygen atoms in total. The average Bonchev–Trinajstić information content (AvgIpc) is 3.45. The Bertz CT molecular complexity index is 1690. The molecule has 2 aromatic carbocycles. The lowest BCUT2D eigenvalue weighted by Crippen LogP contribution is -2.58. The van der Waals surface area contributed by atoms with Gasteiger partial charge in [-0.05, 0) is 35.9 Å². The van der Waals surface area contributed by atoms with Crippen LogP contribution in [-0.2, 0) is 27.3 Å². The van der Waals surface area contributed by atoms with Crippen molar-refractivity contribution in [1.29, 1.82) is 0 Å². The maximum absolute atomic E-state index is 13.1. The Morgan fingerprint density at radius 3 is 2.29 bits per heavy atom. The highest BCUT2D eigenvalue weighted by atomic mass is 32.2. The highest BCUT2D eigenvalue weighted by Crippen LogP contribution is 2.33. The molecule has 1 fully saturated rings. The number of aliphatic carboxylic acids is 1. The van der Waals surface area contributed by atoms with E-state index in [-0.39, 0.29) is 36.5 Å². The summed E-state index contributed by atoms with van der Waals surface area (Å²) in [7, 11) is -4.28. The Morgan fingerprint density at radius 2 is 1.73 bits per heavy atom. The number of fused-ring (bicyclic) bond motifs is 1. The summed E-state index contributed by atoms with van der Waals surface area (Å²) in [5.74, 6) is -4.65. The van der Waals surface area contributed by atoms with Crippen molar-refractivity contribution in [3.05, 3.63) is 78.1 Å². The van der Waals surface area contributed by atoms with Crippen LogP contribution in [0.4, 0.5) is 27.1 Å². The average molecular weight is 674 g/mol. The molecule has 4 aromatic rings. The number of hydrogen-bond acceptors (Lipinski definition) is 9. The molecule has 5 rings (SSSR count). The lowest BCUT2D eigenvalue weighted by molar-refractivity contribution is -0.274. The molecule has 0 bridgehead atoms. The number of nitrogens with two attached hydrogens (primary N) is 1. The molecule has 242 valence electrons. The third-order valence-electron chi connectivity index (χ3n) is 6.79. The van der Waals surface area contributed by atoms with E-state index < -0.39 is 40.1 Å². The van der Waals surface area contributed by atoms with Crippen molar-refractivity contribution in [1.82, 2.24) is 14.3 Å². The molecule has 0 saturated carbocycles. The normalized spacial score (nSPS) is 16.2. The number of ether oxygens (including phenoxy) is 1.